The van der Waals surface area contributed by atoms with E-state index in [2.05, 4.69) is 4.72 Å². The molecule has 3 rings (SSSR count). The summed E-state index contributed by atoms with van der Waals surface area (Å²) in [5.41, 5.74) is 2.56. The number of nitrogens with one attached hydrogen (secondary N) is 1. The molecule has 1 aliphatic rings. The lowest BCUT2D eigenvalue weighted by Gasteiger charge is -2.19. The van der Waals surface area contributed by atoms with Gasteiger partial charge in [0.05, 0.1) is 12.0 Å². The van der Waals surface area contributed by atoms with E-state index in [1.54, 1.807) is 30.2 Å². The molecular weight excluding hydrogens is 364 g/mol. The molecule has 1 amide bonds. The van der Waals surface area contributed by atoms with Crippen LogP contribution in [0.5, 0.6) is 5.75 Å². The van der Waals surface area contributed by atoms with Crippen molar-refractivity contribution in [2.24, 2.45) is 0 Å². The van der Waals surface area contributed by atoms with E-state index in [4.69, 9.17) is 4.74 Å². The minimum absolute atomic E-state index is 0.0342. The number of hydrogen-bond donors (Lipinski definition) is 1. The number of amides is 1. The number of carbonyl (C=O) groups excluding carboxylic acids is 1. The van der Waals surface area contributed by atoms with E-state index in [9.17, 15) is 13.2 Å². The number of rotatable bonds is 6. The Balaban J connectivity index is 1.84. The van der Waals surface area contributed by atoms with Crippen LogP contribution in [0, 0.1) is 0 Å². The Hall–Kier alpha value is -2.38. The van der Waals surface area contributed by atoms with Gasteiger partial charge in [-0.2, -0.15) is 0 Å². The van der Waals surface area contributed by atoms with Crippen molar-refractivity contribution in [1.82, 2.24) is 4.72 Å². The molecule has 6 nitrogen and oxygen atoms in total. The molecule has 0 unspecified atom stereocenters. The lowest BCUT2D eigenvalue weighted by Crippen LogP contribution is -2.28. The second-order valence-corrected chi connectivity index (χ2v) is 8.28. The monoisotopic (exact) mass is 388 g/mol. The zero-order valence-electron chi connectivity index (χ0n) is 15.7. The summed E-state index contributed by atoms with van der Waals surface area (Å²) in [6.07, 6.45) is 1.28. The number of carbonyl (C=O) groups is 1. The largest absolute Gasteiger partial charge is 0.497 e. The summed E-state index contributed by atoms with van der Waals surface area (Å²) in [5, 5.41) is 0. The highest BCUT2D eigenvalue weighted by Crippen LogP contribution is 2.31. The normalized spacial score (nSPS) is 14.7. The van der Waals surface area contributed by atoms with E-state index < -0.39 is 10.0 Å². The van der Waals surface area contributed by atoms with Crippen molar-refractivity contribution in [3.63, 3.8) is 0 Å². The summed E-state index contributed by atoms with van der Waals surface area (Å²) in [7, 11) is -2.09. The Labute approximate surface area is 160 Å². The SMILES string of the molecule is CC[C@@H](NS(=O)(=O)c1ccc2c(c1)CCN2C(C)=O)c1ccc(OC)cc1. The van der Waals surface area contributed by atoms with Crippen LogP contribution in [0.3, 0.4) is 0 Å². The molecule has 2 aromatic carbocycles. The van der Waals surface area contributed by atoms with E-state index >= 15 is 0 Å². The zero-order chi connectivity index (χ0) is 19.6. The van der Waals surface area contributed by atoms with Crippen LogP contribution < -0.4 is 14.4 Å². The number of methoxy groups -OCH3 is 1. The molecule has 0 saturated carbocycles. The van der Waals surface area contributed by atoms with Crippen LogP contribution in [0.15, 0.2) is 47.4 Å². The average Bonchev–Trinajstić information content (AvgIpc) is 3.10. The van der Waals surface area contributed by atoms with Gasteiger partial charge in [0.15, 0.2) is 0 Å². The number of ether oxygens (including phenoxy) is 1. The van der Waals surface area contributed by atoms with Gasteiger partial charge in [-0.15, -0.1) is 0 Å². The Bertz CT molecular complexity index is 939. The van der Waals surface area contributed by atoms with Crippen LogP contribution in [-0.4, -0.2) is 28.0 Å². The summed E-state index contributed by atoms with van der Waals surface area (Å²) in [4.78, 5) is 13.6. The van der Waals surface area contributed by atoms with Gasteiger partial charge < -0.3 is 9.64 Å². The van der Waals surface area contributed by atoms with Crippen molar-refractivity contribution in [2.75, 3.05) is 18.6 Å². The Kier molecular flexibility index (Phi) is 5.53. The lowest BCUT2D eigenvalue weighted by atomic mass is 10.1. The minimum atomic E-state index is -3.68. The maximum atomic E-state index is 12.9. The summed E-state index contributed by atoms with van der Waals surface area (Å²) in [6.45, 7) is 4.04. The van der Waals surface area contributed by atoms with Crippen LogP contribution in [0.4, 0.5) is 5.69 Å². The number of benzene rings is 2. The number of hydrogen-bond acceptors (Lipinski definition) is 4. The van der Waals surface area contributed by atoms with Gasteiger partial charge in [0.25, 0.3) is 0 Å². The molecule has 1 heterocycles. The van der Waals surface area contributed by atoms with Gasteiger partial charge in [-0.05, 0) is 54.3 Å². The third kappa shape index (κ3) is 3.99. The van der Waals surface area contributed by atoms with Crippen LogP contribution in [-0.2, 0) is 21.2 Å². The lowest BCUT2D eigenvalue weighted by molar-refractivity contribution is -0.116. The first-order valence-electron chi connectivity index (χ1n) is 8.93. The Morgan fingerprint density at radius 1 is 1.22 bits per heavy atom. The molecule has 2 aromatic rings. The fourth-order valence-electron chi connectivity index (χ4n) is 3.35. The average molecular weight is 388 g/mol. The summed E-state index contributed by atoms with van der Waals surface area (Å²) in [5.74, 6) is 0.693. The highest BCUT2D eigenvalue weighted by atomic mass is 32.2. The topological polar surface area (TPSA) is 75.7 Å². The molecule has 144 valence electrons. The first kappa shape index (κ1) is 19.4. The minimum Gasteiger partial charge on any atom is -0.497 e. The second-order valence-electron chi connectivity index (χ2n) is 6.57. The van der Waals surface area contributed by atoms with Gasteiger partial charge in [0, 0.05) is 25.2 Å². The van der Waals surface area contributed by atoms with Crippen LogP contribution in [0.2, 0.25) is 0 Å². The number of nitrogens with zero attached hydrogens (tertiary/aromatic N) is 1. The highest BCUT2D eigenvalue weighted by molar-refractivity contribution is 7.89. The quantitative estimate of drug-likeness (QED) is 0.825. The highest BCUT2D eigenvalue weighted by Gasteiger charge is 2.26. The summed E-state index contributed by atoms with van der Waals surface area (Å²) in [6, 6.07) is 12.0. The van der Waals surface area contributed by atoms with E-state index in [-0.39, 0.29) is 16.8 Å². The van der Waals surface area contributed by atoms with Crippen LogP contribution in [0.1, 0.15) is 37.4 Å². The van der Waals surface area contributed by atoms with E-state index in [0.29, 0.717) is 19.4 Å². The third-order valence-electron chi connectivity index (χ3n) is 4.86. The van der Waals surface area contributed by atoms with Crippen molar-refractivity contribution in [3.05, 3.63) is 53.6 Å². The van der Waals surface area contributed by atoms with Gasteiger partial charge in [0.2, 0.25) is 15.9 Å². The molecule has 0 radical (unpaired) electrons. The van der Waals surface area contributed by atoms with E-state index in [1.807, 2.05) is 31.2 Å². The van der Waals surface area contributed by atoms with Gasteiger partial charge in [-0.25, -0.2) is 13.1 Å². The van der Waals surface area contributed by atoms with Crippen molar-refractivity contribution in [2.45, 2.75) is 37.6 Å². The molecule has 1 atom stereocenters. The summed E-state index contributed by atoms with van der Waals surface area (Å²) < 4.78 is 33.7. The second kappa shape index (κ2) is 7.70. The number of anilines is 1. The van der Waals surface area contributed by atoms with Gasteiger partial charge >= 0.3 is 0 Å². The Morgan fingerprint density at radius 2 is 1.93 bits per heavy atom. The molecular formula is C20H24N2O4S. The molecule has 0 spiro atoms. The van der Waals surface area contributed by atoms with Crippen molar-refractivity contribution >= 4 is 21.6 Å². The first-order valence-corrected chi connectivity index (χ1v) is 10.4. The molecule has 0 aromatic heterocycles. The molecule has 0 aliphatic carbocycles. The van der Waals surface area contributed by atoms with E-state index in [0.717, 1.165) is 22.6 Å². The maximum Gasteiger partial charge on any atom is 0.241 e. The van der Waals surface area contributed by atoms with Gasteiger partial charge in [-0.1, -0.05) is 19.1 Å². The molecule has 7 heteroatoms. The molecule has 0 fully saturated rings. The van der Waals surface area contributed by atoms with E-state index in [1.165, 1.54) is 6.92 Å². The van der Waals surface area contributed by atoms with Crippen molar-refractivity contribution in [3.8, 4) is 5.75 Å². The number of fused-ring (bicyclic) bond motifs is 1. The fourth-order valence-corrected chi connectivity index (χ4v) is 4.71. The summed E-state index contributed by atoms with van der Waals surface area (Å²) >= 11 is 0. The molecule has 27 heavy (non-hydrogen) atoms. The predicted octanol–water partition coefficient (Wildman–Crippen LogP) is 3.03. The van der Waals surface area contributed by atoms with Crippen LogP contribution in [0.25, 0.3) is 0 Å². The van der Waals surface area contributed by atoms with Crippen molar-refractivity contribution < 1.29 is 17.9 Å². The smallest absolute Gasteiger partial charge is 0.241 e. The molecule has 0 bridgehead atoms. The molecule has 0 saturated heterocycles. The van der Waals surface area contributed by atoms with Gasteiger partial charge in [-0.3, -0.25) is 4.79 Å². The van der Waals surface area contributed by atoms with Gasteiger partial charge in [0.1, 0.15) is 5.75 Å². The third-order valence-corrected chi connectivity index (χ3v) is 6.33. The number of sulfonamides is 1. The zero-order valence-corrected chi connectivity index (χ0v) is 16.5. The molecule has 1 N–H and O–H groups in total. The predicted molar refractivity (Wildman–Crippen MR) is 105 cm³/mol. The Morgan fingerprint density at radius 3 is 2.52 bits per heavy atom. The maximum absolute atomic E-state index is 12.9. The first-order chi connectivity index (χ1) is 12.9. The van der Waals surface area contributed by atoms with Crippen LogP contribution >= 0.6 is 0 Å². The molecule has 1 aliphatic heterocycles. The van der Waals surface area contributed by atoms with Crippen molar-refractivity contribution in [1.29, 1.82) is 0 Å². The fraction of sp³-hybridized carbons (Fsp3) is 0.350. The standard InChI is InChI=1S/C20H24N2O4S/c1-4-19(15-5-7-17(26-3)8-6-15)21-27(24,25)18-9-10-20-16(13-18)11-12-22(20)14(2)23/h5-10,13,19,21H,4,11-12H2,1-3H3/t19-/m1/s1.